The molecule has 2 aliphatic carbocycles. The van der Waals surface area contributed by atoms with Crippen LogP contribution < -0.4 is 15.2 Å². The maximum atomic E-state index is 13.3. The summed E-state index contributed by atoms with van der Waals surface area (Å²) in [6.45, 7) is -2.53. The molecule has 1 amide bonds. The summed E-state index contributed by atoms with van der Waals surface area (Å²) >= 11 is 12.8. The maximum Gasteiger partial charge on any atom is 0.406 e. The average molecular weight is 742 g/mol. The molecule has 3 aromatic carbocycles. The van der Waals surface area contributed by atoms with E-state index in [1.165, 1.54) is 30.6 Å². The van der Waals surface area contributed by atoms with Gasteiger partial charge in [0.05, 0.1) is 29.2 Å². The van der Waals surface area contributed by atoms with Crippen LogP contribution in [0.1, 0.15) is 66.4 Å². The number of carbonyl (C=O) groups is 2. The number of hydrogen-bond donors (Lipinski definition) is 1. The predicted molar refractivity (Wildman–Crippen MR) is 186 cm³/mol. The van der Waals surface area contributed by atoms with Crippen molar-refractivity contribution in [3.05, 3.63) is 111 Å². The number of unbranched alkanes of at least 4 members (excludes halogenated alkanes) is 1. The van der Waals surface area contributed by atoms with Gasteiger partial charge < -0.3 is 29.4 Å². The van der Waals surface area contributed by atoms with Crippen molar-refractivity contribution in [1.29, 1.82) is 0 Å². The Morgan fingerprint density at radius 1 is 0.882 bits per heavy atom. The average Bonchev–Trinajstić information content (AvgIpc) is 3.88. The molecule has 2 atom stereocenters. The molecule has 1 unspecified atom stereocenters. The lowest BCUT2D eigenvalue weighted by atomic mass is 9.96. The van der Waals surface area contributed by atoms with E-state index < -0.39 is 31.1 Å². The Kier molecular flexibility index (Phi) is 11.9. The zero-order valence-electron chi connectivity index (χ0n) is 27.4. The van der Waals surface area contributed by atoms with E-state index in [0.717, 1.165) is 35.1 Å². The van der Waals surface area contributed by atoms with Crippen LogP contribution in [0.25, 0.3) is 11.1 Å². The van der Waals surface area contributed by atoms with E-state index in [-0.39, 0.29) is 46.9 Å². The first kappa shape index (κ1) is 36.3. The molecule has 0 bridgehead atoms. The molecular weight excluding hydrogens is 705 g/mol. The van der Waals surface area contributed by atoms with Gasteiger partial charge in [-0.1, -0.05) is 77.8 Å². The number of alkyl halides is 2. The van der Waals surface area contributed by atoms with Crippen molar-refractivity contribution in [2.75, 3.05) is 13.2 Å². The summed E-state index contributed by atoms with van der Waals surface area (Å²) in [7, 11) is 0. The number of amides is 1. The number of esters is 1. The van der Waals surface area contributed by atoms with Crippen LogP contribution in [0.5, 0.6) is 11.5 Å². The normalized spacial score (nSPS) is 14.8. The smallest absolute Gasteiger partial charge is 0.406 e. The Hall–Kier alpha value is -4.45. The van der Waals surface area contributed by atoms with Crippen molar-refractivity contribution in [2.24, 2.45) is 11.7 Å². The summed E-state index contributed by atoms with van der Waals surface area (Å²) in [6, 6.07) is 20.1. The number of hydrogen-bond acceptors (Lipinski definition) is 8. The molecule has 1 fully saturated rings. The Bertz CT molecular complexity index is 1790. The van der Waals surface area contributed by atoms with E-state index in [2.05, 4.69) is 9.72 Å². The van der Waals surface area contributed by atoms with Gasteiger partial charge in [0.25, 0.3) is 0 Å². The van der Waals surface area contributed by atoms with Crippen LogP contribution in [-0.4, -0.2) is 43.2 Å². The van der Waals surface area contributed by atoms with E-state index in [1.54, 1.807) is 0 Å². The molecule has 13 heteroatoms. The van der Waals surface area contributed by atoms with Crippen molar-refractivity contribution in [3.63, 3.8) is 0 Å². The number of pyridine rings is 1. The van der Waals surface area contributed by atoms with Crippen LogP contribution in [0.15, 0.2) is 79.1 Å². The quantitative estimate of drug-likeness (QED) is 0.0647. The monoisotopic (exact) mass is 740 g/mol. The molecule has 51 heavy (non-hydrogen) atoms. The van der Waals surface area contributed by atoms with Crippen molar-refractivity contribution in [2.45, 2.75) is 63.4 Å². The minimum Gasteiger partial charge on any atom is -0.489 e. The molecule has 4 aromatic rings. The number of fused-ring (bicyclic) bond motifs is 3. The molecule has 1 heterocycles. The van der Waals surface area contributed by atoms with E-state index in [9.17, 15) is 18.4 Å². The van der Waals surface area contributed by atoms with Gasteiger partial charge in [0.15, 0.2) is 11.5 Å². The summed E-state index contributed by atoms with van der Waals surface area (Å²) in [6.07, 6.45) is 2.97. The van der Waals surface area contributed by atoms with Crippen LogP contribution >= 0.6 is 23.2 Å². The second-order valence-electron chi connectivity index (χ2n) is 12.4. The van der Waals surface area contributed by atoms with Crippen LogP contribution in [0, 0.1) is 5.92 Å². The third-order valence-corrected chi connectivity index (χ3v) is 9.44. The first-order valence-electron chi connectivity index (χ1n) is 16.6. The molecule has 1 saturated carbocycles. The van der Waals surface area contributed by atoms with Crippen molar-refractivity contribution < 1.29 is 42.1 Å². The summed E-state index contributed by atoms with van der Waals surface area (Å²) < 4.78 is 54.4. The number of ether oxygens (including phenoxy) is 5. The lowest BCUT2D eigenvalue weighted by molar-refractivity contribution is -0.149. The van der Waals surface area contributed by atoms with E-state index >= 15 is 0 Å². The SMILES string of the molecule is NC(=O)OC(OCCCCC(=O)O[C@@H](Cc1c(Cl)cncc1Cl)c1ccc(OC(F)F)c(OCC2CC2)c1)C1c2ccccc2-c2ccccc21. The minimum absolute atomic E-state index is 0.0335. The molecular formula is C38H36Cl2F2N2O7. The summed E-state index contributed by atoms with van der Waals surface area (Å²) in [5, 5.41) is 0.563. The van der Waals surface area contributed by atoms with Gasteiger partial charge in [-0.05, 0) is 77.1 Å². The molecule has 0 saturated heterocycles. The van der Waals surface area contributed by atoms with Crippen LogP contribution in [0.2, 0.25) is 10.0 Å². The standard InChI is InChI=1S/C38H36Cl2F2N2O7/c39-29-19-44-20-30(40)28(29)18-32(23-14-15-31(50-37(41)42)33(17-23)48-21-22-12-13-22)49-34(45)11-5-6-16-47-36(51-38(43)46)35-26-9-3-1-7-24(26)25-8-2-4-10-27(25)35/h1-4,7-10,14-15,17,19-20,22,32,35-37H,5-6,11-13,16,18,21H2,(H2,43,46)/t32-,36?/m0/s1. The molecule has 0 spiro atoms. The van der Waals surface area contributed by atoms with Gasteiger partial charge in [0.1, 0.15) is 6.10 Å². The number of nitrogens with two attached hydrogens (primary N) is 1. The maximum absolute atomic E-state index is 13.3. The lowest BCUT2D eigenvalue weighted by Gasteiger charge is -2.25. The van der Waals surface area contributed by atoms with E-state index in [4.69, 9.17) is 47.9 Å². The van der Waals surface area contributed by atoms with Gasteiger partial charge in [-0.15, -0.1) is 0 Å². The zero-order chi connectivity index (χ0) is 35.9. The van der Waals surface area contributed by atoms with Crippen molar-refractivity contribution >= 4 is 35.3 Å². The van der Waals surface area contributed by atoms with Gasteiger partial charge in [-0.2, -0.15) is 8.78 Å². The number of carbonyl (C=O) groups excluding carboxylic acids is 2. The molecule has 0 aliphatic heterocycles. The Morgan fingerprint density at radius 3 is 2.18 bits per heavy atom. The molecule has 6 rings (SSSR count). The third-order valence-electron chi connectivity index (χ3n) is 8.79. The molecule has 1 aromatic heterocycles. The highest BCUT2D eigenvalue weighted by Gasteiger charge is 2.37. The molecule has 2 N–H and O–H groups in total. The van der Waals surface area contributed by atoms with Gasteiger partial charge in [0.2, 0.25) is 6.29 Å². The predicted octanol–water partition coefficient (Wildman–Crippen LogP) is 9.03. The zero-order valence-corrected chi connectivity index (χ0v) is 29.0. The summed E-state index contributed by atoms with van der Waals surface area (Å²) in [5.74, 6) is -0.549. The fourth-order valence-corrected chi connectivity index (χ4v) is 6.68. The summed E-state index contributed by atoms with van der Waals surface area (Å²) in [5.41, 5.74) is 10.4. The second-order valence-corrected chi connectivity index (χ2v) is 13.2. The molecule has 2 aliphatic rings. The van der Waals surface area contributed by atoms with Crippen molar-refractivity contribution in [3.8, 4) is 22.6 Å². The van der Waals surface area contributed by atoms with Crippen molar-refractivity contribution in [1.82, 2.24) is 4.98 Å². The topological polar surface area (TPSA) is 119 Å². The van der Waals surface area contributed by atoms with Gasteiger partial charge in [-0.25, -0.2) is 4.79 Å². The molecule has 0 radical (unpaired) electrons. The number of benzene rings is 3. The molecule has 9 nitrogen and oxygen atoms in total. The first-order valence-corrected chi connectivity index (χ1v) is 17.4. The third kappa shape index (κ3) is 9.27. The fraction of sp³-hybridized carbons (Fsp3) is 0.342. The second kappa shape index (κ2) is 16.7. The number of halogens is 4. The van der Waals surface area contributed by atoms with E-state index in [1.807, 2.05) is 48.5 Å². The number of aromatic nitrogens is 1. The lowest BCUT2D eigenvalue weighted by Crippen LogP contribution is -2.31. The number of rotatable bonds is 17. The minimum atomic E-state index is -3.05. The first-order chi connectivity index (χ1) is 24.7. The van der Waals surface area contributed by atoms with Crippen LogP contribution in [0.3, 0.4) is 0 Å². The largest absolute Gasteiger partial charge is 0.489 e. The molecule has 268 valence electrons. The van der Waals surface area contributed by atoms with Crippen LogP contribution in [-0.2, 0) is 25.4 Å². The highest BCUT2D eigenvalue weighted by atomic mass is 35.5. The summed E-state index contributed by atoms with van der Waals surface area (Å²) in [4.78, 5) is 29.2. The number of primary amides is 1. The fourth-order valence-electron chi connectivity index (χ4n) is 6.16. The Morgan fingerprint density at radius 2 is 1.55 bits per heavy atom. The van der Waals surface area contributed by atoms with Gasteiger partial charge in [-0.3, -0.25) is 9.78 Å². The van der Waals surface area contributed by atoms with Gasteiger partial charge >= 0.3 is 18.7 Å². The number of nitrogens with zero attached hydrogens (tertiary/aromatic N) is 1. The highest BCUT2D eigenvalue weighted by Crippen LogP contribution is 2.47. The van der Waals surface area contributed by atoms with Gasteiger partial charge in [0, 0.05) is 25.2 Å². The Balaban J connectivity index is 1.11. The van der Waals surface area contributed by atoms with E-state index in [0.29, 0.717) is 36.5 Å². The Labute approximate surface area is 303 Å². The van der Waals surface area contributed by atoms with Crippen LogP contribution in [0.4, 0.5) is 13.6 Å². The highest BCUT2D eigenvalue weighted by molar-refractivity contribution is 6.35.